The number of amides is 1. The van der Waals surface area contributed by atoms with Crippen LogP contribution >= 0.6 is 23.2 Å². The molecule has 0 aliphatic carbocycles. The summed E-state index contributed by atoms with van der Waals surface area (Å²) < 4.78 is 31.0. The van der Waals surface area contributed by atoms with Gasteiger partial charge < -0.3 is 10.1 Å². The summed E-state index contributed by atoms with van der Waals surface area (Å²) in [5.41, 5.74) is 0.797. The highest BCUT2D eigenvalue weighted by Crippen LogP contribution is 2.30. The molecule has 0 radical (unpaired) electrons. The molecule has 2 aromatic rings. The van der Waals surface area contributed by atoms with Gasteiger partial charge in [-0.1, -0.05) is 30.1 Å². The minimum atomic E-state index is -3.76. The zero-order chi connectivity index (χ0) is 20.2. The maximum atomic E-state index is 12.8. The summed E-state index contributed by atoms with van der Waals surface area (Å²) in [6.45, 7) is 1.73. The fourth-order valence-corrected chi connectivity index (χ4v) is 4.08. The van der Waals surface area contributed by atoms with Crippen molar-refractivity contribution in [2.24, 2.45) is 0 Å². The minimum absolute atomic E-state index is 0.202. The summed E-state index contributed by atoms with van der Waals surface area (Å²) >= 11 is 11.9. The molecule has 2 rings (SSSR count). The zero-order valence-electron chi connectivity index (χ0n) is 15.1. The van der Waals surface area contributed by atoms with Crippen LogP contribution in [0.15, 0.2) is 42.5 Å². The van der Waals surface area contributed by atoms with Gasteiger partial charge in [0.1, 0.15) is 11.8 Å². The predicted molar refractivity (Wildman–Crippen MR) is 109 cm³/mol. The number of hydrogen-bond acceptors (Lipinski definition) is 4. The van der Waals surface area contributed by atoms with Gasteiger partial charge in [-0.15, -0.1) is 0 Å². The number of halogens is 2. The van der Waals surface area contributed by atoms with Crippen LogP contribution in [0.3, 0.4) is 0 Å². The Morgan fingerprint density at radius 3 is 2.26 bits per heavy atom. The maximum Gasteiger partial charge on any atom is 0.248 e. The second-order valence-electron chi connectivity index (χ2n) is 5.80. The second kappa shape index (κ2) is 8.82. The van der Waals surface area contributed by atoms with Crippen LogP contribution in [0.25, 0.3) is 0 Å². The van der Waals surface area contributed by atoms with Gasteiger partial charge in [-0.2, -0.15) is 0 Å². The molecule has 0 unspecified atom stereocenters. The summed E-state index contributed by atoms with van der Waals surface area (Å²) in [6, 6.07) is 10.2. The molecule has 0 aromatic heterocycles. The van der Waals surface area contributed by atoms with Crippen LogP contribution in [-0.2, 0) is 14.8 Å². The van der Waals surface area contributed by atoms with Crippen molar-refractivity contribution in [2.45, 2.75) is 19.4 Å². The molecule has 27 heavy (non-hydrogen) atoms. The molecule has 0 saturated carbocycles. The molecular weight excluding hydrogens is 411 g/mol. The van der Waals surface area contributed by atoms with Gasteiger partial charge in [0.15, 0.2) is 0 Å². The molecule has 0 aliphatic heterocycles. The first-order chi connectivity index (χ1) is 12.7. The molecule has 2 aromatic carbocycles. The molecule has 1 N–H and O–H groups in total. The summed E-state index contributed by atoms with van der Waals surface area (Å²) in [5, 5.41) is 3.23. The number of carbonyl (C=O) groups excluding carboxylic acids is 1. The van der Waals surface area contributed by atoms with E-state index in [2.05, 4.69) is 5.32 Å². The first-order valence-electron chi connectivity index (χ1n) is 8.06. The number of anilines is 2. The van der Waals surface area contributed by atoms with E-state index in [0.29, 0.717) is 16.5 Å². The summed E-state index contributed by atoms with van der Waals surface area (Å²) in [5.74, 6) is 0.188. The van der Waals surface area contributed by atoms with Gasteiger partial charge in [0.25, 0.3) is 0 Å². The Kier molecular flexibility index (Phi) is 6.97. The number of sulfonamides is 1. The van der Waals surface area contributed by atoms with Crippen LogP contribution in [-0.4, -0.2) is 33.7 Å². The number of nitrogens with zero attached hydrogens (tertiary/aromatic N) is 1. The van der Waals surface area contributed by atoms with Gasteiger partial charge >= 0.3 is 0 Å². The Hall–Kier alpha value is -1.96. The third-order valence-electron chi connectivity index (χ3n) is 3.84. The summed E-state index contributed by atoms with van der Waals surface area (Å²) in [7, 11) is -2.21. The number of rotatable bonds is 7. The quantitative estimate of drug-likeness (QED) is 0.714. The highest BCUT2D eigenvalue weighted by atomic mass is 35.5. The lowest BCUT2D eigenvalue weighted by molar-refractivity contribution is -0.117. The Morgan fingerprint density at radius 1 is 1.15 bits per heavy atom. The van der Waals surface area contributed by atoms with Crippen molar-refractivity contribution in [2.75, 3.05) is 23.0 Å². The van der Waals surface area contributed by atoms with Gasteiger partial charge in [-0.3, -0.25) is 9.10 Å². The number of methoxy groups -OCH3 is 1. The SMILES string of the molecule is CC[C@H](C(=O)Nc1ccc(OC)cc1)N(c1ccc(Cl)c(Cl)c1)S(C)(=O)=O. The zero-order valence-corrected chi connectivity index (χ0v) is 17.4. The van der Waals surface area contributed by atoms with E-state index in [4.69, 9.17) is 27.9 Å². The normalized spacial score (nSPS) is 12.3. The van der Waals surface area contributed by atoms with Crippen LogP contribution in [0, 0.1) is 0 Å². The Labute approximate surface area is 169 Å². The van der Waals surface area contributed by atoms with Crippen molar-refractivity contribution in [3.63, 3.8) is 0 Å². The van der Waals surface area contributed by atoms with E-state index in [-0.39, 0.29) is 17.1 Å². The highest BCUT2D eigenvalue weighted by molar-refractivity contribution is 7.92. The highest BCUT2D eigenvalue weighted by Gasteiger charge is 2.31. The van der Waals surface area contributed by atoms with Gasteiger partial charge in [0.2, 0.25) is 15.9 Å². The summed E-state index contributed by atoms with van der Waals surface area (Å²) in [6.07, 6.45) is 1.30. The van der Waals surface area contributed by atoms with E-state index >= 15 is 0 Å². The molecule has 0 fully saturated rings. The smallest absolute Gasteiger partial charge is 0.248 e. The third-order valence-corrected chi connectivity index (χ3v) is 5.76. The third kappa shape index (κ3) is 5.28. The van der Waals surface area contributed by atoms with E-state index in [1.54, 1.807) is 38.3 Å². The fourth-order valence-electron chi connectivity index (χ4n) is 2.58. The maximum absolute atomic E-state index is 12.8. The molecule has 0 saturated heterocycles. The van der Waals surface area contributed by atoms with Crippen molar-refractivity contribution in [3.05, 3.63) is 52.5 Å². The lowest BCUT2D eigenvalue weighted by Crippen LogP contribution is -2.47. The topological polar surface area (TPSA) is 75.7 Å². The van der Waals surface area contributed by atoms with Crippen molar-refractivity contribution in [3.8, 4) is 5.75 Å². The van der Waals surface area contributed by atoms with Gasteiger partial charge in [0.05, 0.1) is 29.1 Å². The average Bonchev–Trinajstić information content (AvgIpc) is 2.61. The van der Waals surface area contributed by atoms with Crippen molar-refractivity contribution < 1.29 is 17.9 Å². The molecular formula is C18H20Cl2N2O4S. The standard InChI is InChI=1S/C18H20Cl2N2O4S/c1-4-17(18(23)21-12-5-8-14(26-2)9-6-12)22(27(3,24)25)13-7-10-15(19)16(20)11-13/h5-11,17H,4H2,1-3H3,(H,21,23)/t17-/m1/s1. The van der Waals surface area contributed by atoms with E-state index in [9.17, 15) is 13.2 Å². The summed E-state index contributed by atoms with van der Waals surface area (Å²) in [4.78, 5) is 12.8. The lowest BCUT2D eigenvalue weighted by Gasteiger charge is -2.30. The van der Waals surface area contributed by atoms with Crippen LogP contribution in [0.5, 0.6) is 5.75 Å². The van der Waals surface area contributed by atoms with Crippen LogP contribution in [0.4, 0.5) is 11.4 Å². The molecule has 0 spiro atoms. The van der Waals surface area contributed by atoms with Crippen molar-refractivity contribution >= 4 is 50.5 Å². The van der Waals surface area contributed by atoms with E-state index in [0.717, 1.165) is 10.6 Å². The monoisotopic (exact) mass is 430 g/mol. The fraction of sp³-hybridized carbons (Fsp3) is 0.278. The molecule has 0 aliphatic rings. The van der Waals surface area contributed by atoms with Crippen molar-refractivity contribution in [1.82, 2.24) is 0 Å². The van der Waals surface area contributed by atoms with Gasteiger partial charge in [-0.25, -0.2) is 8.42 Å². The number of benzene rings is 2. The van der Waals surface area contributed by atoms with Crippen LogP contribution in [0.2, 0.25) is 10.0 Å². The molecule has 6 nitrogen and oxygen atoms in total. The van der Waals surface area contributed by atoms with Crippen LogP contribution in [0.1, 0.15) is 13.3 Å². The van der Waals surface area contributed by atoms with E-state index in [1.165, 1.54) is 18.2 Å². The lowest BCUT2D eigenvalue weighted by atomic mass is 10.1. The molecule has 0 bridgehead atoms. The number of hydrogen-bond donors (Lipinski definition) is 1. The van der Waals surface area contributed by atoms with E-state index < -0.39 is 22.0 Å². The van der Waals surface area contributed by atoms with E-state index in [1.807, 2.05) is 0 Å². The average molecular weight is 431 g/mol. The Morgan fingerprint density at radius 2 is 1.78 bits per heavy atom. The molecule has 9 heteroatoms. The number of carbonyl (C=O) groups is 1. The first-order valence-corrected chi connectivity index (χ1v) is 10.7. The second-order valence-corrected chi connectivity index (χ2v) is 8.47. The van der Waals surface area contributed by atoms with Gasteiger partial charge in [-0.05, 0) is 48.9 Å². The number of nitrogens with one attached hydrogen (secondary N) is 1. The Balaban J connectivity index is 2.36. The molecule has 1 atom stereocenters. The molecule has 146 valence electrons. The first kappa shape index (κ1) is 21.3. The van der Waals surface area contributed by atoms with Crippen LogP contribution < -0.4 is 14.4 Å². The largest absolute Gasteiger partial charge is 0.497 e. The Bertz CT molecular complexity index is 917. The minimum Gasteiger partial charge on any atom is -0.497 e. The number of ether oxygens (including phenoxy) is 1. The molecule has 1 amide bonds. The van der Waals surface area contributed by atoms with Gasteiger partial charge in [0, 0.05) is 5.69 Å². The predicted octanol–water partition coefficient (Wildman–Crippen LogP) is 4.19. The molecule has 0 heterocycles. The van der Waals surface area contributed by atoms with Crippen molar-refractivity contribution in [1.29, 1.82) is 0 Å².